The van der Waals surface area contributed by atoms with Gasteiger partial charge in [0.15, 0.2) is 0 Å². The fraction of sp³-hybridized carbons (Fsp3) is 0.357. The van der Waals surface area contributed by atoms with Crippen LogP contribution in [-0.4, -0.2) is 20.8 Å². The summed E-state index contributed by atoms with van der Waals surface area (Å²) in [5.74, 6) is 0.673. The summed E-state index contributed by atoms with van der Waals surface area (Å²) in [7, 11) is 0. The maximum atomic E-state index is 13.1. The molecule has 0 saturated heterocycles. The first-order valence-electron chi connectivity index (χ1n) is 6.18. The maximum Gasteiger partial charge on any atom is 0.123 e. The molecule has 3 nitrogen and oxygen atoms in total. The van der Waals surface area contributed by atoms with Gasteiger partial charge in [0.2, 0.25) is 0 Å². The first-order valence-corrected chi connectivity index (χ1v) is 6.18. The van der Waals surface area contributed by atoms with Gasteiger partial charge >= 0.3 is 0 Å². The third-order valence-corrected chi connectivity index (χ3v) is 3.40. The molecular weight excluding hydrogens is 231 g/mol. The molecule has 0 aliphatic carbocycles. The van der Waals surface area contributed by atoms with E-state index in [1.807, 2.05) is 12.3 Å². The van der Waals surface area contributed by atoms with E-state index < -0.39 is 0 Å². The Hall–Kier alpha value is -1.68. The number of imidazole rings is 1. The Morgan fingerprint density at radius 2 is 2.33 bits per heavy atom. The monoisotopic (exact) mass is 246 g/mol. The Bertz CT molecular complexity index is 565. The van der Waals surface area contributed by atoms with E-state index >= 15 is 0 Å². The molecule has 2 heterocycles. The largest absolute Gasteiger partial charge is 0.391 e. The normalized spacial score (nSPS) is 18.7. The fourth-order valence-electron chi connectivity index (χ4n) is 2.46. The van der Waals surface area contributed by atoms with Crippen LogP contribution in [-0.2, 0) is 19.4 Å². The smallest absolute Gasteiger partial charge is 0.123 e. The minimum Gasteiger partial charge on any atom is -0.391 e. The Balaban J connectivity index is 1.87. The summed E-state index contributed by atoms with van der Waals surface area (Å²) in [6, 6.07) is 6.57. The lowest BCUT2D eigenvalue weighted by atomic mass is 10.1. The van der Waals surface area contributed by atoms with Gasteiger partial charge in [-0.25, -0.2) is 9.37 Å². The number of aryl methyl sites for hydroxylation is 1. The van der Waals surface area contributed by atoms with E-state index in [4.69, 9.17) is 0 Å². The van der Waals surface area contributed by atoms with Gasteiger partial charge < -0.3 is 9.67 Å². The Kier molecular flexibility index (Phi) is 2.88. The third-order valence-electron chi connectivity index (χ3n) is 3.40. The van der Waals surface area contributed by atoms with Gasteiger partial charge in [0, 0.05) is 18.3 Å². The van der Waals surface area contributed by atoms with Gasteiger partial charge in [-0.3, -0.25) is 0 Å². The van der Waals surface area contributed by atoms with Crippen molar-refractivity contribution < 1.29 is 9.50 Å². The molecular formula is C14H15FN2O. The minimum atomic E-state index is -0.294. The number of fused-ring (bicyclic) bond motifs is 1. The first kappa shape index (κ1) is 11.4. The summed E-state index contributed by atoms with van der Waals surface area (Å²) in [4.78, 5) is 4.39. The van der Waals surface area contributed by atoms with Gasteiger partial charge in [0.1, 0.15) is 11.6 Å². The number of aliphatic hydroxyl groups excluding tert-OH is 1. The summed E-state index contributed by atoms with van der Waals surface area (Å²) in [5.41, 5.74) is 2.06. The van der Waals surface area contributed by atoms with Crippen molar-refractivity contribution in [3.63, 3.8) is 0 Å². The van der Waals surface area contributed by atoms with Crippen molar-refractivity contribution >= 4 is 0 Å². The third kappa shape index (κ3) is 2.16. The number of aliphatic hydroxyl groups is 1. The summed E-state index contributed by atoms with van der Waals surface area (Å²) in [6.07, 6.45) is 3.82. The molecule has 0 radical (unpaired) electrons. The van der Waals surface area contributed by atoms with E-state index in [9.17, 15) is 9.50 Å². The van der Waals surface area contributed by atoms with Crippen LogP contribution in [0.4, 0.5) is 4.39 Å². The lowest BCUT2D eigenvalue weighted by molar-refractivity contribution is 0.130. The molecule has 1 aromatic heterocycles. The molecule has 1 unspecified atom stereocenters. The summed E-state index contributed by atoms with van der Waals surface area (Å²) in [5, 5.41) is 9.70. The molecule has 1 aromatic carbocycles. The second-order valence-electron chi connectivity index (χ2n) is 4.78. The fourth-order valence-corrected chi connectivity index (χ4v) is 2.46. The SMILES string of the molecule is OC1CCc2cnc(Cc3cccc(F)c3)n2C1. The highest BCUT2D eigenvalue weighted by atomic mass is 19.1. The van der Waals surface area contributed by atoms with Crippen LogP contribution in [0.15, 0.2) is 30.5 Å². The Morgan fingerprint density at radius 1 is 1.44 bits per heavy atom. The van der Waals surface area contributed by atoms with Gasteiger partial charge in [-0.15, -0.1) is 0 Å². The zero-order valence-electron chi connectivity index (χ0n) is 10.0. The van der Waals surface area contributed by atoms with Gasteiger partial charge in [0.05, 0.1) is 12.6 Å². The van der Waals surface area contributed by atoms with E-state index in [-0.39, 0.29) is 11.9 Å². The maximum absolute atomic E-state index is 13.1. The molecule has 0 bridgehead atoms. The molecule has 2 aromatic rings. The number of halogens is 1. The lowest BCUT2D eigenvalue weighted by Crippen LogP contribution is -2.25. The van der Waals surface area contributed by atoms with Gasteiger partial charge in [-0.2, -0.15) is 0 Å². The molecule has 94 valence electrons. The average molecular weight is 246 g/mol. The molecule has 3 rings (SSSR count). The highest BCUT2D eigenvalue weighted by Gasteiger charge is 2.19. The zero-order valence-corrected chi connectivity index (χ0v) is 10.0. The molecule has 1 aliphatic rings. The van der Waals surface area contributed by atoms with Crippen LogP contribution in [0.1, 0.15) is 23.5 Å². The second-order valence-corrected chi connectivity index (χ2v) is 4.78. The Labute approximate surface area is 105 Å². The van der Waals surface area contributed by atoms with Crippen LogP contribution in [0.3, 0.4) is 0 Å². The summed E-state index contributed by atoms with van der Waals surface area (Å²) >= 11 is 0. The second kappa shape index (κ2) is 4.53. The minimum absolute atomic E-state index is 0.224. The van der Waals surface area contributed by atoms with Crippen molar-refractivity contribution in [2.45, 2.75) is 31.9 Å². The molecule has 0 fully saturated rings. The molecule has 1 aliphatic heterocycles. The highest BCUT2D eigenvalue weighted by Crippen LogP contribution is 2.19. The number of benzene rings is 1. The number of nitrogens with zero attached hydrogens (tertiary/aromatic N) is 2. The number of aromatic nitrogens is 2. The van der Waals surface area contributed by atoms with E-state index in [0.717, 1.165) is 29.9 Å². The van der Waals surface area contributed by atoms with Crippen molar-refractivity contribution in [3.05, 3.63) is 53.4 Å². The van der Waals surface area contributed by atoms with Crippen LogP contribution in [0, 0.1) is 5.82 Å². The lowest BCUT2D eigenvalue weighted by Gasteiger charge is -2.21. The van der Waals surface area contributed by atoms with Gasteiger partial charge in [-0.05, 0) is 30.5 Å². The van der Waals surface area contributed by atoms with E-state index in [0.29, 0.717) is 13.0 Å². The number of rotatable bonds is 2. The topological polar surface area (TPSA) is 38.1 Å². The van der Waals surface area contributed by atoms with Crippen LogP contribution in [0.5, 0.6) is 0 Å². The highest BCUT2D eigenvalue weighted by molar-refractivity contribution is 5.22. The quantitative estimate of drug-likeness (QED) is 0.879. The molecule has 4 heteroatoms. The number of hydrogen-bond donors (Lipinski definition) is 1. The molecule has 0 spiro atoms. The molecule has 0 amide bonds. The van der Waals surface area contributed by atoms with Crippen molar-refractivity contribution in [3.8, 4) is 0 Å². The van der Waals surface area contributed by atoms with E-state index in [2.05, 4.69) is 9.55 Å². The average Bonchev–Trinajstić information content (AvgIpc) is 2.72. The van der Waals surface area contributed by atoms with Crippen molar-refractivity contribution in [1.29, 1.82) is 0 Å². The van der Waals surface area contributed by atoms with Crippen LogP contribution >= 0.6 is 0 Å². The molecule has 18 heavy (non-hydrogen) atoms. The predicted molar refractivity (Wildman–Crippen MR) is 65.8 cm³/mol. The number of hydrogen-bond acceptors (Lipinski definition) is 2. The Morgan fingerprint density at radius 3 is 3.17 bits per heavy atom. The summed E-state index contributed by atoms with van der Waals surface area (Å²) in [6.45, 7) is 0.597. The van der Waals surface area contributed by atoms with Gasteiger partial charge in [0.25, 0.3) is 0 Å². The molecule has 0 saturated carbocycles. The van der Waals surface area contributed by atoms with Crippen LogP contribution in [0.2, 0.25) is 0 Å². The van der Waals surface area contributed by atoms with Crippen molar-refractivity contribution in [1.82, 2.24) is 9.55 Å². The van der Waals surface area contributed by atoms with Crippen molar-refractivity contribution in [2.24, 2.45) is 0 Å². The predicted octanol–water partition coefficient (Wildman–Crippen LogP) is 1.92. The van der Waals surface area contributed by atoms with E-state index in [1.165, 1.54) is 12.1 Å². The molecule has 1 atom stereocenters. The van der Waals surface area contributed by atoms with Crippen molar-refractivity contribution in [2.75, 3.05) is 0 Å². The zero-order chi connectivity index (χ0) is 12.5. The summed E-state index contributed by atoms with van der Waals surface area (Å²) < 4.78 is 15.2. The van der Waals surface area contributed by atoms with E-state index in [1.54, 1.807) is 6.07 Å². The molecule has 1 N–H and O–H groups in total. The van der Waals surface area contributed by atoms with Crippen LogP contribution < -0.4 is 0 Å². The standard InChI is InChI=1S/C14H15FN2O/c15-11-3-1-2-10(6-11)7-14-16-8-12-4-5-13(18)9-17(12)14/h1-3,6,8,13,18H,4-5,7,9H2. The van der Waals surface area contributed by atoms with Crippen LogP contribution in [0.25, 0.3) is 0 Å². The van der Waals surface area contributed by atoms with Gasteiger partial charge in [-0.1, -0.05) is 12.1 Å². The first-order chi connectivity index (χ1) is 8.72.